The van der Waals surface area contributed by atoms with E-state index in [1.807, 2.05) is 19.2 Å². The first-order chi connectivity index (χ1) is 7.55. The van der Waals surface area contributed by atoms with Crippen molar-refractivity contribution in [1.29, 1.82) is 0 Å². The van der Waals surface area contributed by atoms with Crippen molar-refractivity contribution in [2.75, 3.05) is 39.0 Å². The van der Waals surface area contributed by atoms with E-state index in [9.17, 15) is 5.21 Å². The van der Waals surface area contributed by atoms with Gasteiger partial charge in [0.25, 0.3) is 0 Å². The SMILES string of the molecule is C[N+]1(O)CCN(Cc2ccc(N)cc2)CC1. The fourth-order valence-corrected chi connectivity index (χ4v) is 1.98. The highest BCUT2D eigenvalue weighted by Gasteiger charge is 2.26. The molecular weight excluding hydrogens is 202 g/mol. The largest absolute Gasteiger partial charge is 0.399 e. The number of piperazine rings is 1. The first kappa shape index (κ1) is 11.4. The number of hydrogen-bond acceptors (Lipinski definition) is 3. The van der Waals surface area contributed by atoms with Gasteiger partial charge in [0.15, 0.2) is 0 Å². The molecule has 16 heavy (non-hydrogen) atoms. The molecule has 1 aliphatic rings. The molecule has 1 saturated heterocycles. The number of anilines is 1. The second-order valence-electron chi connectivity index (χ2n) is 4.80. The molecule has 0 unspecified atom stereocenters. The van der Waals surface area contributed by atoms with Crippen LogP contribution in [0.25, 0.3) is 0 Å². The molecule has 0 atom stereocenters. The summed E-state index contributed by atoms with van der Waals surface area (Å²) in [4.78, 5) is 2.36. The lowest BCUT2D eigenvalue weighted by molar-refractivity contribution is -1.09. The standard InChI is InChI=1S/C12H20N3O/c1-15(16)8-6-14(7-9-15)10-11-2-4-12(13)5-3-11/h2-5,16H,6-10,13H2,1H3/q+1. The van der Waals surface area contributed by atoms with E-state index < -0.39 is 0 Å². The molecular formula is C12H20N3O+. The van der Waals surface area contributed by atoms with Crippen LogP contribution in [0.5, 0.6) is 0 Å². The van der Waals surface area contributed by atoms with E-state index in [-0.39, 0.29) is 4.65 Å². The summed E-state index contributed by atoms with van der Waals surface area (Å²) in [6.07, 6.45) is 0. The Morgan fingerprint density at radius 1 is 1.25 bits per heavy atom. The molecule has 0 radical (unpaired) electrons. The maximum atomic E-state index is 9.79. The van der Waals surface area contributed by atoms with E-state index >= 15 is 0 Å². The minimum absolute atomic E-state index is 0.151. The van der Waals surface area contributed by atoms with Gasteiger partial charge >= 0.3 is 0 Å². The summed E-state index contributed by atoms with van der Waals surface area (Å²) in [6, 6.07) is 8.00. The average Bonchev–Trinajstić information content (AvgIpc) is 2.24. The zero-order valence-corrected chi connectivity index (χ0v) is 9.76. The third kappa shape index (κ3) is 2.95. The predicted molar refractivity (Wildman–Crippen MR) is 63.8 cm³/mol. The van der Waals surface area contributed by atoms with Crippen LogP contribution in [0.4, 0.5) is 5.69 Å². The van der Waals surface area contributed by atoms with Crippen LogP contribution in [0, 0.1) is 0 Å². The number of hydrogen-bond donors (Lipinski definition) is 2. The Hall–Kier alpha value is -1.10. The van der Waals surface area contributed by atoms with Crippen LogP contribution in [-0.4, -0.2) is 48.0 Å². The number of nitrogens with zero attached hydrogens (tertiary/aromatic N) is 2. The van der Waals surface area contributed by atoms with Crippen LogP contribution in [0.15, 0.2) is 24.3 Å². The molecule has 1 aromatic carbocycles. The zero-order chi connectivity index (χ0) is 11.6. The summed E-state index contributed by atoms with van der Waals surface area (Å²) in [6.45, 7) is 4.43. The van der Waals surface area contributed by atoms with E-state index in [0.717, 1.165) is 38.4 Å². The maximum absolute atomic E-state index is 9.79. The predicted octanol–water partition coefficient (Wildman–Crippen LogP) is 0.920. The molecule has 0 spiro atoms. The number of nitrogen functional groups attached to an aromatic ring is 1. The molecule has 4 nitrogen and oxygen atoms in total. The highest BCUT2D eigenvalue weighted by atomic mass is 16.5. The highest BCUT2D eigenvalue weighted by Crippen LogP contribution is 2.12. The van der Waals surface area contributed by atoms with Crippen molar-refractivity contribution >= 4 is 5.69 Å². The quantitative estimate of drug-likeness (QED) is 0.578. The van der Waals surface area contributed by atoms with Gasteiger partial charge in [-0.25, -0.2) is 5.21 Å². The number of benzene rings is 1. The summed E-state index contributed by atoms with van der Waals surface area (Å²) >= 11 is 0. The molecule has 0 bridgehead atoms. The minimum Gasteiger partial charge on any atom is -0.399 e. The number of rotatable bonds is 2. The molecule has 0 aromatic heterocycles. The Bertz CT molecular complexity index is 338. The first-order valence-electron chi connectivity index (χ1n) is 5.69. The fourth-order valence-electron chi connectivity index (χ4n) is 1.98. The van der Waals surface area contributed by atoms with Crippen molar-refractivity contribution in [2.24, 2.45) is 0 Å². The van der Waals surface area contributed by atoms with Gasteiger partial charge in [-0.2, -0.15) is 4.65 Å². The average molecular weight is 222 g/mol. The van der Waals surface area contributed by atoms with Crippen molar-refractivity contribution in [3.8, 4) is 0 Å². The maximum Gasteiger partial charge on any atom is 0.121 e. The van der Waals surface area contributed by atoms with Crippen LogP contribution in [0.2, 0.25) is 0 Å². The van der Waals surface area contributed by atoms with Gasteiger partial charge in [-0.3, -0.25) is 4.90 Å². The van der Waals surface area contributed by atoms with Gasteiger partial charge in [-0.15, -0.1) is 0 Å². The lowest BCUT2D eigenvalue weighted by Crippen LogP contribution is -2.54. The molecule has 1 aromatic rings. The summed E-state index contributed by atoms with van der Waals surface area (Å²) in [7, 11) is 1.86. The molecule has 3 N–H and O–H groups in total. The van der Waals surface area contributed by atoms with Gasteiger partial charge in [0.05, 0.1) is 20.1 Å². The van der Waals surface area contributed by atoms with Crippen molar-refractivity contribution in [2.45, 2.75) is 6.54 Å². The second kappa shape index (κ2) is 4.41. The van der Waals surface area contributed by atoms with Gasteiger partial charge in [0, 0.05) is 12.2 Å². The Morgan fingerprint density at radius 2 is 1.81 bits per heavy atom. The van der Waals surface area contributed by atoms with Gasteiger partial charge < -0.3 is 5.73 Å². The van der Waals surface area contributed by atoms with Crippen LogP contribution in [-0.2, 0) is 6.54 Å². The van der Waals surface area contributed by atoms with Gasteiger partial charge in [-0.05, 0) is 17.7 Å². The minimum atomic E-state index is 0.151. The number of hydroxylamine groups is 3. The second-order valence-corrected chi connectivity index (χ2v) is 4.80. The van der Waals surface area contributed by atoms with E-state index in [0.29, 0.717) is 0 Å². The molecule has 1 aliphatic heterocycles. The van der Waals surface area contributed by atoms with E-state index in [1.165, 1.54) is 5.56 Å². The lowest BCUT2D eigenvalue weighted by atomic mass is 10.2. The smallest absolute Gasteiger partial charge is 0.121 e. The Labute approximate surface area is 96.4 Å². The summed E-state index contributed by atoms with van der Waals surface area (Å²) < 4.78 is 0.151. The van der Waals surface area contributed by atoms with Crippen molar-refractivity contribution in [3.63, 3.8) is 0 Å². The Balaban J connectivity index is 1.89. The molecule has 1 heterocycles. The normalized spacial score (nSPS) is 20.9. The van der Waals surface area contributed by atoms with Gasteiger partial charge in [-0.1, -0.05) is 12.1 Å². The Kier molecular flexibility index (Phi) is 3.14. The number of nitrogens with two attached hydrogens (primary N) is 1. The monoisotopic (exact) mass is 222 g/mol. The van der Waals surface area contributed by atoms with Crippen molar-refractivity contribution in [3.05, 3.63) is 29.8 Å². The first-order valence-corrected chi connectivity index (χ1v) is 5.69. The van der Waals surface area contributed by atoms with Crippen molar-refractivity contribution in [1.82, 2.24) is 4.90 Å². The van der Waals surface area contributed by atoms with E-state index in [1.54, 1.807) is 0 Å². The zero-order valence-electron chi connectivity index (χ0n) is 9.76. The number of likely N-dealkylation sites (N-methyl/N-ethyl adjacent to an activating group) is 1. The van der Waals surface area contributed by atoms with Crippen LogP contribution >= 0.6 is 0 Å². The lowest BCUT2D eigenvalue weighted by Gasteiger charge is -2.35. The summed E-state index contributed by atoms with van der Waals surface area (Å²) in [5.41, 5.74) is 7.73. The topological polar surface area (TPSA) is 49.5 Å². The van der Waals surface area contributed by atoms with E-state index in [4.69, 9.17) is 5.73 Å². The van der Waals surface area contributed by atoms with Crippen LogP contribution in [0.1, 0.15) is 5.56 Å². The molecule has 0 saturated carbocycles. The molecule has 2 rings (SSSR count). The summed E-state index contributed by atoms with van der Waals surface area (Å²) in [5, 5.41) is 9.79. The molecule has 0 aliphatic carbocycles. The third-order valence-corrected chi connectivity index (χ3v) is 3.18. The van der Waals surface area contributed by atoms with Crippen LogP contribution < -0.4 is 5.73 Å². The number of quaternary nitrogens is 1. The van der Waals surface area contributed by atoms with Crippen molar-refractivity contribution < 1.29 is 9.85 Å². The van der Waals surface area contributed by atoms with Crippen LogP contribution in [0.3, 0.4) is 0 Å². The Morgan fingerprint density at radius 3 is 2.38 bits per heavy atom. The molecule has 1 fully saturated rings. The summed E-state index contributed by atoms with van der Waals surface area (Å²) in [5.74, 6) is 0. The molecule has 0 amide bonds. The molecule has 4 heteroatoms. The molecule has 88 valence electrons. The fraction of sp³-hybridized carbons (Fsp3) is 0.500. The van der Waals surface area contributed by atoms with Gasteiger partial charge in [0.2, 0.25) is 0 Å². The third-order valence-electron chi connectivity index (χ3n) is 3.18. The van der Waals surface area contributed by atoms with E-state index in [2.05, 4.69) is 17.0 Å². The highest BCUT2D eigenvalue weighted by molar-refractivity contribution is 5.39. The van der Waals surface area contributed by atoms with Gasteiger partial charge in [0.1, 0.15) is 13.1 Å².